The molecule has 1 aromatic rings. The fourth-order valence-electron chi connectivity index (χ4n) is 1.92. The Balaban J connectivity index is 2.44. The molecular weight excluding hydrogens is 256 g/mol. The number of aliphatic carboxylic acids is 1. The van der Waals surface area contributed by atoms with Gasteiger partial charge < -0.3 is 16.2 Å². The summed E-state index contributed by atoms with van der Waals surface area (Å²) in [6, 6.07) is 8.21. The number of aryl methyl sites for hydroxylation is 1. The van der Waals surface area contributed by atoms with Crippen molar-refractivity contribution >= 4 is 11.9 Å². The largest absolute Gasteiger partial charge is 0.480 e. The van der Waals surface area contributed by atoms with Gasteiger partial charge in [0.1, 0.15) is 6.04 Å². The van der Waals surface area contributed by atoms with E-state index >= 15 is 0 Å². The van der Waals surface area contributed by atoms with Gasteiger partial charge in [0.05, 0.1) is 6.04 Å². The first-order chi connectivity index (χ1) is 9.54. The molecule has 5 heteroatoms. The number of nitrogens with two attached hydrogens (primary N) is 1. The lowest BCUT2D eigenvalue weighted by Crippen LogP contribution is -2.48. The molecular formula is C15H22N2O3. The zero-order valence-electron chi connectivity index (χ0n) is 11.7. The zero-order valence-corrected chi connectivity index (χ0v) is 11.7. The van der Waals surface area contributed by atoms with E-state index in [2.05, 4.69) is 5.32 Å². The first kappa shape index (κ1) is 16.2. The molecule has 0 aliphatic rings. The van der Waals surface area contributed by atoms with Gasteiger partial charge in [-0.05, 0) is 24.8 Å². The minimum Gasteiger partial charge on any atom is -0.480 e. The Morgan fingerprint density at radius 2 is 1.90 bits per heavy atom. The summed E-state index contributed by atoms with van der Waals surface area (Å²) in [6.45, 7) is 1.87. The highest BCUT2D eigenvalue weighted by molar-refractivity contribution is 5.86. The van der Waals surface area contributed by atoms with Crippen LogP contribution < -0.4 is 11.1 Å². The SMILES string of the molecule is CCC[C@@H](NC(=O)C(N)CCc1ccccc1)C(=O)O. The van der Waals surface area contributed by atoms with Gasteiger partial charge in [0.2, 0.25) is 5.91 Å². The van der Waals surface area contributed by atoms with Crippen LogP contribution in [0.4, 0.5) is 0 Å². The number of carbonyl (C=O) groups excluding carboxylic acids is 1. The fraction of sp³-hybridized carbons (Fsp3) is 0.467. The van der Waals surface area contributed by atoms with Crippen LogP contribution in [-0.2, 0) is 16.0 Å². The average molecular weight is 278 g/mol. The van der Waals surface area contributed by atoms with Crippen LogP contribution in [0.3, 0.4) is 0 Å². The number of benzene rings is 1. The summed E-state index contributed by atoms with van der Waals surface area (Å²) in [7, 11) is 0. The maximum absolute atomic E-state index is 11.9. The average Bonchev–Trinajstić information content (AvgIpc) is 2.45. The number of carboxylic acids is 1. The maximum Gasteiger partial charge on any atom is 0.326 e. The first-order valence-corrected chi connectivity index (χ1v) is 6.87. The quantitative estimate of drug-likeness (QED) is 0.668. The van der Waals surface area contributed by atoms with Gasteiger partial charge in [0.25, 0.3) is 0 Å². The van der Waals surface area contributed by atoms with E-state index in [0.29, 0.717) is 25.7 Å². The van der Waals surface area contributed by atoms with Gasteiger partial charge in [-0.25, -0.2) is 4.79 Å². The summed E-state index contributed by atoms with van der Waals surface area (Å²) in [4.78, 5) is 22.8. The van der Waals surface area contributed by atoms with Crippen LogP contribution >= 0.6 is 0 Å². The molecule has 0 aliphatic heterocycles. The number of amides is 1. The number of hydrogen-bond donors (Lipinski definition) is 3. The Morgan fingerprint density at radius 1 is 1.25 bits per heavy atom. The summed E-state index contributed by atoms with van der Waals surface area (Å²) in [5.41, 5.74) is 6.91. The van der Waals surface area contributed by atoms with E-state index in [1.807, 2.05) is 37.3 Å². The molecule has 0 radical (unpaired) electrons. The van der Waals surface area contributed by atoms with Crippen LogP contribution in [0, 0.1) is 0 Å². The lowest BCUT2D eigenvalue weighted by molar-refractivity contribution is -0.142. The van der Waals surface area contributed by atoms with Crippen molar-refractivity contribution < 1.29 is 14.7 Å². The second-order valence-electron chi connectivity index (χ2n) is 4.82. The Bertz CT molecular complexity index is 434. The Morgan fingerprint density at radius 3 is 2.45 bits per heavy atom. The molecule has 1 amide bonds. The molecule has 20 heavy (non-hydrogen) atoms. The van der Waals surface area contributed by atoms with Crippen molar-refractivity contribution in [1.82, 2.24) is 5.32 Å². The van der Waals surface area contributed by atoms with Crippen LogP contribution in [0.15, 0.2) is 30.3 Å². The second kappa shape index (κ2) is 8.32. The number of nitrogens with one attached hydrogen (secondary N) is 1. The predicted octanol–water partition coefficient (Wildman–Crippen LogP) is 1.32. The van der Waals surface area contributed by atoms with E-state index in [9.17, 15) is 9.59 Å². The van der Waals surface area contributed by atoms with E-state index in [4.69, 9.17) is 10.8 Å². The predicted molar refractivity (Wildman–Crippen MR) is 77.2 cm³/mol. The van der Waals surface area contributed by atoms with E-state index < -0.39 is 24.0 Å². The number of hydrogen-bond acceptors (Lipinski definition) is 3. The number of carbonyl (C=O) groups is 2. The van der Waals surface area contributed by atoms with Crippen molar-refractivity contribution in [3.05, 3.63) is 35.9 Å². The monoisotopic (exact) mass is 278 g/mol. The van der Waals surface area contributed by atoms with Crippen molar-refractivity contribution in [1.29, 1.82) is 0 Å². The van der Waals surface area contributed by atoms with Crippen molar-refractivity contribution in [2.45, 2.75) is 44.7 Å². The molecule has 0 saturated heterocycles. The molecule has 0 bridgehead atoms. The van der Waals surface area contributed by atoms with E-state index in [1.54, 1.807) is 0 Å². The third kappa shape index (κ3) is 5.40. The van der Waals surface area contributed by atoms with Crippen molar-refractivity contribution in [2.24, 2.45) is 5.73 Å². The van der Waals surface area contributed by atoms with Crippen LogP contribution in [0.2, 0.25) is 0 Å². The van der Waals surface area contributed by atoms with Gasteiger partial charge in [0.15, 0.2) is 0 Å². The standard InChI is InChI=1S/C15H22N2O3/c1-2-6-13(15(19)20)17-14(18)12(16)10-9-11-7-4-3-5-8-11/h3-5,7-8,12-13H,2,6,9-10,16H2,1H3,(H,17,18)(H,19,20)/t12?,13-/m1/s1. The van der Waals surface area contributed by atoms with Crippen LogP contribution in [0.1, 0.15) is 31.7 Å². The third-order valence-electron chi connectivity index (χ3n) is 3.12. The Labute approximate surface area is 119 Å². The molecule has 0 saturated carbocycles. The van der Waals surface area contributed by atoms with Gasteiger partial charge in [-0.15, -0.1) is 0 Å². The van der Waals surface area contributed by atoms with E-state index in [1.165, 1.54) is 0 Å². The molecule has 5 nitrogen and oxygen atoms in total. The van der Waals surface area contributed by atoms with Crippen molar-refractivity contribution in [3.63, 3.8) is 0 Å². The third-order valence-corrected chi connectivity index (χ3v) is 3.12. The normalized spacial score (nSPS) is 13.5. The summed E-state index contributed by atoms with van der Waals surface area (Å²) >= 11 is 0. The summed E-state index contributed by atoms with van der Waals surface area (Å²) in [5, 5.41) is 11.5. The Kier molecular flexibility index (Phi) is 6.73. The molecule has 110 valence electrons. The van der Waals surface area contributed by atoms with E-state index in [0.717, 1.165) is 5.56 Å². The summed E-state index contributed by atoms with van der Waals surface area (Å²) in [6.07, 6.45) is 2.29. The Hall–Kier alpha value is -1.88. The van der Waals surface area contributed by atoms with Gasteiger partial charge >= 0.3 is 5.97 Å². The molecule has 0 aliphatic carbocycles. The molecule has 4 N–H and O–H groups in total. The minimum atomic E-state index is -1.02. The number of carboxylic acid groups (broad SMARTS) is 1. The summed E-state index contributed by atoms with van der Waals surface area (Å²) in [5.74, 6) is -1.42. The molecule has 1 rings (SSSR count). The second-order valence-corrected chi connectivity index (χ2v) is 4.82. The van der Waals surface area contributed by atoms with Crippen molar-refractivity contribution in [3.8, 4) is 0 Å². The lowest BCUT2D eigenvalue weighted by atomic mass is 10.0. The maximum atomic E-state index is 11.9. The smallest absolute Gasteiger partial charge is 0.326 e. The molecule has 0 spiro atoms. The van der Waals surface area contributed by atoms with E-state index in [-0.39, 0.29) is 0 Å². The first-order valence-electron chi connectivity index (χ1n) is 6.87. The van der Waals surface area contributed by atoms with Crippen LogP contribution in [0.25, 0.3) is 0 Å². The fourth-order valence-corrected chi connectivity index (χ4v) is 1.92. The van der Waals surface area contributed by atoms with Gasteiger partial charge in [-0.2, -0.15) is 0 Å². The zero-order chi connectivity index (χ0) is 15.0. The lowest BCUT2D eigenvalue weighted by Gasteiger charge is -2.17. The molecule has 0 heterocycles. The molecule has 0 aromatic heterocycles. The molecule has 0 fully saturated rings. The highest BCUT2D eigenvalue weighted by Gasteiger charge is 2.22. The van der Waals surface area contributed by atoms with Crippen LogP contribution in [-0.4, -0.2) is 29.1 Å². The highest BCUT2D eigenvalue weighted by atomic mass is 16.4. The van der Waals surface area contributed by atoms with Gasteiger partial charge in [0, 0.05) is 0 Å². The minimum absolute atomic E-state index is 0.401. The summed E-state index contributed by atoms with van der Waals surface area (Å²) < 4.78 is 0. The number of rotatable bonds is 8. The highest BCUT2D eigenvalue weighted by Crippen LogP contribution is 2.05. The van der Waals surface area contributed by atoms with Crippen molar-refractivity contribution in [2.75, 3.05) is 0 Å². The van der Waals surface area contributed by atoms with Gasteiger partial charge in [-0.1, -0.05) is 43.7 Å². The molecule has 1 unspecified atom stereocenters. The van der Waals surface area contributed by atoms with Crippen LogP contribution in [0.5, 0.6) is 0 Å². The molecule has 1 aromatic carbocycles. The molecule has 2 atom stereocenters. The topological polar surface area (TPSA) is 92.4 Å². The van der Waals surface area contributed by atoms with Gasteiger partial charge in [-0.3, -0.25) is 4.79 Å².